The molecule has 9 heteroatoms. The summed E-state index contributed by atoms with van der Waals surface area (Å²) >= 11 is 12.0. The molecule has 128 valence electrons. The van der Waals surface area contributed by atoms with Gasteiger partial charge in [-0.2, -0.15) is 0 Å². The number of rotatable bonds is 4. The minimum absolute atomic E-state index is 0.124. The van der Waals surface area contributed by atoms with E-state index in [1.54, 1.807) is 10.7 Å². The second-order valence-electron chi connectivity index (χ2n) is 5.67. The first kappa shape index (κ1) is 17.0. The van der Waals surface area contributed by atoms with Crippen molar-refractivity contribution in [2.75, 3.05) is 31.1 Å². The van der Waals surface area contributed by atoms with E-state index in [0.717, 1.165) is 18.8 Å². The van der Waals surface area contributed by atoms with Gasteiger partial charge in [-0.3, -0.25) is 4.79 Å². The number of halogens is 2. The van der Waals surface area contributed by atoms with Crippen molar-refractivity contribution >= 4 is 34.8 Å². The van der Waals surface area contributed by atoms with Crippen molar-refractivity contribution in [3.05, 3.63) is 34.1 Å². The molecule has 1 fully saturated rings. The number of piperazine rings is 1. The lowest BCUT2D eigenvalue weighted by Gasteiger charge is -2.36. The molecule has 0 radical (unpaired) electrons. The van der Waals surface area contributed by atoms with Crippen LogP contribution in [0.5, 0.6) is 0 Å². The van der Waals surface area contributed by atoms with Gasteiger partial charge in [0.2, 0.25) is 5.91 Å². The number of tetrazole rings is 1. The zero-order chi connectivity index (χ0) is 17.1. The van der Waals surface area contributed by atoms with Gasteiger partial charge in [0.15, 0.2) is 0 Å². The van der Waals surface area contributed by atoms with Crippen LogP contribution >= 0.6 is 23.2 Å². The summed E-state index contributed by atoms with van der Waals surface area (Å²) in [6, 6.07) is 5.61. The third-order valence-electron chi connectivity index (χ3n) is 4.15. The number of hydrogen-bond donors (Lipinski definition) is 0. The van der Waals surface area contributed by atoms with Crippen LogP contribution in [0.2, 0.25) is 10.0 Å². The number of aryl methyl sites for hydroxylation is 2. The molecule has 2 heterocycles. The quantitative estimate of drug-likeness (QED) is 0.825. The summed E-state index contributed by atoms with van der Waals surface area (Å²) in [5, 5.41) is 12.3. The molecular weight excluding hydrogens is 351 g/mol. The van der Waals surface area contributed by atoms with Gasteiger partial charge in [-0.1, -0.05) is 23.2 Å². The maximum Gasteiger partial charge on any atom is 0.224 e. The third-order valence-corrected chi connectivity index (χ3v) is 4.89. The van der Waals surface area contributed by atoms with Crippen LogP contribution in [0.4, 0.5) is 5.69 Å². The highest BCUT2D eigenvalue weighted by Gasteiger charge is 2.21. The van der Waals surface area contributed by atoms with E-state index in [1.165, 1.54) is 0 Å². The number of carbonyl (C=O) groups excluding carboxylic acids is 1. The Morgan fingerprint density at radius 1 is 1.17 bits per heavy atom. The average Bonchev–Trinajstić information content (AvgIpc) is 3.00. The smallest absolute Gasteiger partial charge is 0.224 e. The first-order valence-electron chi connectivity index (χ1n) is 7.75. The molecule has 0 spiro atoms. The first-order chi connectivity index (χ1) is 11.5. The first-order valence-corrected chi connectivity index (χ1v) is 8.51. The summed E-state index contributed by atoms with van der Waals surface area (Å²) in [5.41, 5.74) is 1.03. The lowest BCUT2D eigenvalue weighted by molar-refractivity contribution is -0.131. The van der Waals surface area contributed by atoms with Gasteiger partial charge in [-0.15, -0.1) is 5.10 Å². The van der Waals surface area contributed by atoms with E-state index in [2.05, 4.69) is 20.4 Å². The number of nitrogens with zero attached hydrogens (tertiary/aromatic N) is 6. The van der Waals surface area contributed by atoms with Crippen LogP contribution in [-0.2, 0) is 11.3 Å². The fraction of sp³-hybridized carbons (Fsp3) is 0.467. The highest BCUT2D eigenvalue weighted by atomic mass is 35.5. The minimum Gasteiger partial charge on any atom is -0.368 e. The Morgan fingerprint density at radius 3 is 2.54 bits per heavy atom. The zero-order valence-corrected chi connectivity index (χ0v) is 14.8. The van der Waals surface area contributed by atoms with Crippen molar-refractivity contribution in [2.24, 2.45) is 0 Å². The molecule has 3 rings (SSSR count). The van der Waals surface area contributed by atoms with E-state index in [-0.39, 0.29) is 5.91 Å². The van der Waals surface area contributed by atoms with Gasteiger partial charge in [0.1, 0.15) is 5.82 Å². The van der Waals surface area contributed by atoms with E-state index in [1.807, 2.05) is 24.0 Å². The minimum atomic E-state index is 0.124. The molecule has 0 N–H and O–H groups in total. The Balaban J connectivity index is 1.51. The predicted molar refractivity (Wildman–Crippen MR) is 92.4 cm³/mol. The van der Waals surface area contributed by atoms with Gasteiger partial charge in [-0.05, 0) is 35.5 Å². The van der Waals surface area contributed by atoms with Crippen LogP contribution in [-0.4, -0.2) is 57.2 Å². The monoisotopic (exact) mass is 368 g/mol. The lowest BCUT2D eigenvalue weighted by Crippen LogP contribution is -2.49. The molecule has 0 atom stereocenters. The van der Waals surface area contributed by atoms with Gasteiger partial charge >= 0.3 is 0 Å². The molecule has 1 aliphatic rings. The summed E-state index contributed by atoms with van der Waals surface area (Å²) in [6.07, 6.45) is 0.401. The molecule has 1 aromatic heterocycles. The van der Waals surface area contributed by atoms with Gasteiger partial charge < -0.3 is 9.80 Å². The number of amides is 1. The lowest BCUT2D eigenvalue weighted by atomic mass is 10.2. The normalized spacial score (nSPS) is 15.0. The van der Waals surface area contributed by atoms with Gasteiger partial charge in [-0.25, -0.2) is 4.68 Å². The van der Waals surface area contributed by atoms with E-state index in [9.17, 15) is 4.79 Å². The SMILES string of the molecule is Cc1nnnn1CCC(=O)N1CCN(c2ccc(Cl)c(Cl)c2)CC1. The van der Waals surface area contributed by atoms with E-state index < -0.39 is 0 Å². The number of hydrogen-bond acceptors (Lipinski definition) is 5. The molecule has 1 amide bonds. The Hall–Kier alpha value is -1.86. The van der Waals surface area contributed by atoms with Gasteiger partial charge in [0.05, 0.1) is 16.6 Å². The van der Waals surface area contributed by atoms with Crippen molar-refractivity contribution < 1.29 is 4.79 Å². The van der Waals surface area contributed by atoms with Gasteiger partial charge in [0.25, 0.3) is 0 Å². The Bertz CT molecular complexity index is 727. The summed E-state index contributed by atoms with van der Waals surface area (Å²) in [5.74, 6) is 0.839. The average molecular weight is 369 g/mol. The summed E-state index contributed by atoms with van der Waals surface area (Å²) < 4.78 is 1.64. The molecule has 1 aliphatic heterocycles. The van der Waals surface area contributed by atoms with Crippen LogP contribution in [0.25, 0.3) is 0 Å². The zero-order valence-electron chi connectivity index (χ0n) is 13.3. The highest BCUT2D eigenvalue weighted by Crippen LogP contribution is 2.27. The Kier molecular flexibility index (Phi) is 5.20. The van der Waals surface area contributed by atoms with E-state index in [0.29, 0.717) is 41.9 Å². The standard InChI is InChI=1S/C15H18Cl2N6O/c1-11-18-19-20-23(11)5-4-15(24)22-8-6-21(7-9-22)12-2-3-13(16)14(17)10-12/h2-3,10H,4-9H2,1H3. The van der Waals surface area contributed by atoms with E-state index >= 15 is 0 Å². The van der Waals surface area contributed by atoms with Crippen LogP contribution in [0.3, 0.4) is 0 Å². The molecule has 0 unspecified atom stereocenters. The molecule has 0 bridgehead atoms. The fourth-order valence-corrected chi connectivity index (χ4v) is 3.00. The van der Waals surface area contributed by atoms with Crippen LogP contribution in [0.1, 0.15) is 12.2 Å². The van der Waals surface area contributed by atoms with Crippen LogP contribution < -0.4 is 4.90 Å². The van der Waals surface area contributed by atoms with Crippen molar-refractivity contribution in [2.45, 2.75) is 19.9 Å². The second kappa shape index (κ2) is 7.36. The Labute approximate surface area is 150 Å². The molecule has 0 saturated carbocycles. The van der Waals surface area contributed by atoms with Crippen LogP contribution in [0, 0.1) is 6.92 Å². The maximum absolute atomic E-state index is 12.3. The molecule has 7 nitrogen and oxygen atoms in total. The summed E-state index contributed by atoms with van der Waals surface area (Å²) in [6.45, 7) is 5.24. The topological polar surface area (TPSA) is 67.2 Å². The highest BCUT2D eigenvalue weighted by molar-refractivity contribution is 6.42. The van der Waals surface area contributed by atoms with Crippen molar-refractivity contribution in [3.8, 4) is 0 Å². The number of benzene rings is 1. The van der Waals surface area contributed by atoms with Crippen molar-refractivity contribution in [3.63, 3.8) is 0 Å². The largest absolute Gasteiger partial charge is 0.368 e. The summed E-state index contributed by atoms with van der Waals surface area (Å²) in [7, 11) is 0. The molecule has 2 aromatic rings. The maximum atomic E-state index is 12.3. The molecule has 24 heavy (non-hydrogen) atoms. The van der Waals surface area contributed by atoms with Gasteiger partial charge in [0, 0.05) is 38.3 Å². The number of aromatic nitrogens is 4. The molecule has 1 saturated heterocycles. The van der Waals surface area contributed by atoms with Crippen molar-refractivity contribution in [1.29, 1.82) is 0 Å². The second-order valence-corrected chi connectivity index (χ2v) is 6.48. The molecule has 1 aromatic carbocycles. The molecule has 0 aliphatic carbocycles. The number of carbonyl (C=O) groups is 1. The summed E-state index contributed by atoms with van der Waals surface area (Å²) in [4.78, 5) is 16.4. The van der Waals surface area contributed by atoms with Crippen LogP contribution in [0.15, 0.2) is 18.2 Å². The van der Waals surface area contributed by atoms with E-state index in [4.69, 9.17) is 23.2 Å². The fourth-order valence-electron chi connectivity index (χ4n) is 2.71. The Morgan fingerprint density at radius 2 is 1.92 bits per heavy atom. The number of anilines is 1. The molecular formula is C15H18Cl2N6O. The predicted octanol–water partition coefficient (Wildman–Crippen LogP) is 2.03. The van der Waals surface area contributed by atoms with Crippen molar-refractivity contribution in [1.82, 2.24) is 25.1 Å². The third kappa shape index (κ3) is 3.79.